The molecule has 0 unspecified atom stereocenters. The van der Waals surface area contributed by atoms with E-state index in [4.69, 9.17) is 9.73 Å². The highest BCUT2D eigenvalue weighted by molar-refractivity contribution is 8.18. The molecule has 1 aliphatic rings. The largest absolute Gasteiger partial charge is 0.465 e. The van der Waals surface area contributed by atoms with E-state index in [-0.39, 0.29) is 5.91 Å². The Bertz CT molecular complexity index is 1440. The molecule has 1 saturated heterocycles. The maximum absolute atomic E-state index is 13.3. The highest BCUT2D eigenvalue weighted by Crippen LogP contribution is 2.37. The molecule has 34 heavy (non-hydrogen) atoms. The topological polar surface area (TPSA) is 59.0 Å². The SMILES string of the molecule is CCN1C(=O)/C(=C\c2c3ccccc3cc3ccccc23)SC1=Nc1ccc(C(=O)OC)cc1. The van der Waals surface area contributed by atoms with Gasteiger partial charge in [0.25, 0.3) is 5.91 Å². The van der Waals surface area contributed by atoms with Crippen LogP contribution in [0.1, 0.15) is 22.8 Å². The van der Waals surface area contributed by atoms with Crippen LogP contribution in [-0.4, -0.2) is 35.6 Å². The number of rotatable bonds is 4. The minimum Gasteiger partial charge on any atom is -0.465 e. The Morgan fingerprint density at radius 1 is 0.971 bits per heavy atom. The molecule has 1 aliphatic heterocycles. The quantitative estimate of drug-likeness (QED) is 0.198. The Balaban J connectivity index is 1.57. The molecule has 1 amide bonds. The number of aliphatic imine (C=N–C) groups is 1. The molecule has 6 heteroatoms. The molecule has 0 bridgehead atoms. The zero-order chi connectivity index (χ0) is 23.7. The van der Waals surface area contributed by atoms with E-state index in [9.17, 15) is 9.59 Å². The molecule has 0 atom stereocenters. The normalized spacial score (nSPS) is 16.2. The van der Waals surface area contributed by atoms with Gasteiger partial charge < -0.3 is 4.74 Å². The number of esters is 1. The molecule has 5 rings (SSSR count). The van der Waals surface area contributed by atoms with Gasteiger partial charge in [-0.15, -0.1) is 0 Å². The van der Waals surface area contributed by atoms with E-state index >= 15 is 0 Å². The van der Waals surface area contributed by atoms with Gasteiger partial charge in [0.05, 0.1) is 23.3 Å². The number of amidine groups is 1. The van der Waals surface area contributed by atoms with Crippen LogP contribution in [0.2, 0.25) is 0 Å². The van der Waals surface area contributed by atoms with Crippen molar-refractivity contribution >= 4 is 62.1 Å². The van der Waals surface area contributed by atoms with Crippen molar-refractivity contribution in [2.75, 3.05) is 13.7 Å². The van der Waals surface area contributed by atoms with Gasteiger partial charge in [-0.1, -0.05) is 48.5 Å². The fraction of sp³-hybridized carbons (Fsp3) is 0.107. The van der Waals surface area contributed by atoms with Gasteiger partial charge in [-0.05, 0) is 82.2 Å². The molecule has 0 radical (unpaired) electrons. The number of methoxy groups -OCH3 is 1. The molecular formula is C28H22N2O3S. The highest BCUT2D eigenvalue weighted by Gasteiger charge is 2.32. The van der Waals surface area contributed by atoms with E-state index in [2.05, 4.69) is 30.3 Å². The number of benzene rings is 4. The molecule has 0 aliphatic carbocycles. The van der Waals surface area contributed by atoms with Gasteiger partial charge in [-0.25, -0.2) is 9.79 Å². The van der Waals surface area contributed by atoms with Crippen molar-refractivity contribution in [3.05, 3.63) is 94.9 Å². The molecule has 0 spiro atoms. The molecule has 4 aromatic carbocycles. The zero-order valence-electron chi connectivity index (χ0n) is 18.8. The minimum absolute atomic E-state index is 0.0607. The number of hydrogen-bond acceptors (Lipinski definition) is 5. The third kappa shape index (κ3) is 3.97. The van der Waals surface area contributed by atoms with Crippen molar-refractivity contribution in [3.8, 4) is 0 Å². The number of thioether (sulfide) groups is 1. The number of hydrogen-bond donors (Lipinski definition) is 0. The Morgan fingerprint density at radius 2 is 1.59 bits per heavy atom. The summed E-state index contributed by atoms with van der Waals surface area (Å²) in [6.45, 7) is 2.45. The number of amides is 1. The Morgan fingerprint density at radius 3 is 2.18 bits per heavy atom. The lowest BCUT2D eigenvalue weighted by Gasteiger charge is -2.12. The van der Waals surface area contributed by atoms with Crippen LogP contribution in [0.3, 0.4) is 0 Å². The zero-order valence-corrected chi connectivity index (χ0v) is 19.6. The second kappa shape index (κ2) is 9.15. The summed E-state index contributed by atoms with van der Waals surface area (Å²) in [5, 5.41) is 5.10. The van der Waals surface area contributed by atoms with Crippen molar-refractivity contribution in [2.24, 2.45) is 4.99 Å². The summed E-state index contributed by atoms with van der Waals surface area (Å²) in [7, 11) is 1.35. The molecule has 1 fully saturated rings. The van der Waals surface area contributed by atoms with Crippen molar-refractivity contribution in [2.45, 2.75) is 6.92 Å². The Kier molecular flexibility index (Phi) is 5.90. The first kappa shape index (κ1) is 21.9. The summed E-state index contributed by atoms with van der Waals surface area (Å²) in [5.41, 5.74) is 2.15. The van der Waals surface area contributed by atoms with Crippen LogP contribution < -0.4 is 0 Å². The van der Waals surface area contributed by atoms with Crippen molar-refractivity contribution in [3.63, 3.8) is 0 Å². The number of ether oxygens (including phenoxy) is 1. The van der Waals surface area contributed by atoms with E-state index in [1.165, 1.54) is 18.9 Å². The molecule has 1 heterocycles. The van der Waals surface area contributed by atoms with Gasteiger partial charge in [0.15, 0.2) is 5.17 Å². The molecule has 168 valence electrons. The Hall–Kier alpha value is -3.90. The van der Waals surface area contributed by atoms with Crippen LogP contribution in [-0.2, 0) is 9.53 Å². The lowest BCUT2D eigenvalue weighted by Crippen LogP contribution is -2.28. The summed E-state index contributed by atoms with van der Waals surface area (Å²) >= 11 is 1.37. The van der Waals surface area contributed by atoms with Crippen LogP contribution in [0.25, 0.3) is 27.6 Å². The molecular weight excluding hydrogens is 444 g/mol. The third-order valence-corrected chi connectivity index (χ3v) is 6.81. The van der Waals surface area contributed by atoms with Crippen LogP contribution in [0.4, 0.5) is 5.69 Å². The lowest BCUT2D eigenvalue weighted by atomic mass is 9.96. The summed E-state index contributed by atoms with van der Waals surface area (Å²) in [6, 6.07) is 25.5. The predicted octanol–water partition coefficient (Wildman–Crippen LogP) is 6.40. The second-order valence-electron chi connectivity index (χ2n) is 7.83. The average Bonchev–Trinajstić information content (AvgIpc) is 3.17. The van der Waals surface area contributed by atoms with Crippen LogP contribution >= 0.6 is 11.8 Å². The van der Waals surface area contributed by atoms with Crippen LogP contribution in [0, 0.1) is 0 Å². The van der Waals surface area contributed by atoms with E-state index in [1.54, 1.807) is 29.2 Å². The van der Waals surface area contributed by atoms with Gasteiger partial charge in [-0.3, -0.25) is 9.69 Å². The molecule has 0 saturated carbocycles. The molecule has 4 aromatic rings. The standard InChI is InChI=1S/C28H22N2O3S/c1-3-30-26(31)25(34-28(30)29-21-14-12-18(13-15-21)27(32)33-2)17-24-22-10-6-4-8-19(22)16-20-9-5-7-11-23(20)24/h4-17H,3H2,1-2H3/b25-17+,29-28?. The van der Waals surface area contributed by atoms with Gasteiger partial charge in [0, 0.05) is 6.54 Å². The predicted molar refractivity (Wildman–Crippen MR) is 139 cm³/mol. The molecule has 0 N–H and O–H groups in total. The summed E-state index contributed by atoms with van der Waals surface area (Å²) < 4.78 is 4.75. The maximum atomic E-state index is 13.3. The Labute approximate surface area is 201 Å². The average molecular weight is 467 g/mol. The van der Waals surface area contributed by atoms with Gasteiger partial charge in [0.2, 0.25) is 0 Å². The fourth-order valence-corrected chi connectivity index (χ4v) is 5.15. The number of carbonyl (C=O) groups is 2. The van der Waals surface area contributed by atoms with Gasteiger partial charge in [0.1, 0.15) is 0 Å². The van der Waals surface area contributed by atoms with Crippen molar-refractivity contribution in [1.29, 1.82) is 0 Å². The number of fused-ring (bicyclic) bond motifs is 2. The fourth-order valence-electron chi connectivity index (χ4n) is 4.11. The van der Waals surface area contributed by atoms with E-state index in [0.717, 1.165) is 27.1 Å². The van der Waals surface area contributed by atoms with Crippen LogP contribution in [0.15, 0.2) is 88.8 Å². The molecule has 0 aromatic heterocycles. The number of likely N-dealkylation sites (N-methyl/N-ethyl adjacent to an activating group) is 1. The van der Waals surface area contributed by atoms with Crippen molar-refractivity contribution < 1.29 is 14.3 Å². The van der Waals surface area contributed by atoms with Crippen molar-refractivity contribution in [1.82, 2.24) is 4.90 Å². The smallest absolute Gasteiger partial charge is 0.337 e. The minimum atomic E-state index is -0.396. The summed E-state index contributed by atoms with van der Waals surface area (Å²) in [6.07, 6.45) is 1.99. The first-order valence-corrected chi connectivity index (χ1v) is 11.8. The number of nitrogens with zero attached hydrogens (tertiary/aromatic N) is 2. The summed E-state index contributed by atoms with van der Waals surface area (Å²) in [4.78, 5) is 32.0. The summed E-state index contributed by atoms with van der Waals surface area (Å²) in [5.74, 6) is -0.457. The van der Waals surface area contributed by atoms with E-state index < -0.39 is 5.97 Å². The van der Waals surface area contributed by atoms with Crippen LogP contribution in [0.5, 0.6) is 0 Å². The highest BCUT2D eigenvalue weighted by atomic mass is 32.2. The first-order valence-electron chi connectivity index (χ1n) is 11.0. The van der Waals surface area contributed by atoms with E-state index in [1.807, 2.05) is 37.3 Å². The van der Waals surface area contributed by atoms with E-state index in [0.29, 0.717) is 27.9 Å². The lowest BCUT2D eigenvalue weighted by molar-refractivity contribution is -0.122. The third-order valence-electron chi connectivity index (χ3n) is 5.81. The maximum Gasteiger partial charge on any atom is 0.337 e. The van der Waals surface area contributed by atoms with Gasteiger partial charge in [-0.2, -0.15) is 0 Å². The second-order valence-corrected chi connectivity index (χ2v) is 8.83. The first-order chi connectivity index (χ1) is 16.6. The monoisotopic (exact) mass is 466 g/mol. The van der Waals surface area contributed by atoms with Gasteiger partial charge >= 0.3 is 5.97 Å². The number of carbonyl (C=O) groups excluding carboxylic acids is 2. The molecule has 5 nitrogen and oxygen atoms in total.